The van der Waals surface area contributed by atoms with Gasteiger partial charge in [-0.15, -0.1) is 0 Å². The van der Waals surface area contributed by atoms with E-state index in [2.05, 4.69) is 41.3 Å². The van der Waals surface area contributed by atoms with Gasteiger partial charge in [0.25, 0.3) is 0 Å². The standard InChI is InChI=1S/C19H24N2O/c20-11-5-4-8-19(22)16-12-17-9-10-18(13-16)21(17)14-15-6-2-1-3-7-15/h1-3,6-7,16-18H,4-5,8-10,12-14H2. The molecule has 3 heteroatoms. The molecule has 3 rings (SSSR count). The molecule has 2 heterocycles. The molecule has 2 bridgehead atoms. The SMILES string of the molecule is N#CCCCC(=O)C1CC2CCC(C1)N2Cc1ccccc1. The van der Waals surface area contributed by atoms with Crippen LogP contribution in [0.25, 0.3) is 0 Å². The Kier molecular flexibility index (Phi) is 4.90. The van der Waals surface area contributed by atoms with Gasteiger partial charge in [0.2, 0.25) is 0 Å². The van der Waals surface area contributed by atoms with Gasteiger partial charge in [0.1, 0.15) is 5.78 Å². The van der Waals surface area contributed by atoms with Crippen molar-refractivity contribution in [3.8, 4) is 6.07 Å². The molecule has 0 saturated carbocycles. The maximum Gasteiger partial charge on any atom is 0.136 e. The number of nitrogens with zero attached hydrogens (tertiary/aromatic N) is 2. The molecule has 0 N–H and O–H groups in total. The predicted octanol–water partition coefficient (Wildman–Crippen LogP) is 3.69. The summed E-state index contributed by atoms with van der Waals surface area (Å²) < 4.78 is 0. The second kappa shape index (κ2) is 7.07. The highest BCUT2D eigenvalue weighted by Crippen LogP contribution is 2.40. The molecular formula is C19H24N2O. The number of carbonyl (C=O) groups is 1. The monoisotopic (exact) mass is 296 g/mol. The van der Waals surface area contributed by atoms with Crippen molar-refractivity contribution < 1.29 is 4.79 Å². The fourth-order valence-corrected chi connectivity index (χ4v) is 4.14. The van der Waals surface area contributed by atoms with Crippen LogP contribution in [0.5, 0.6) is 0 Å². The number of hydrogen-bond donors (Lipinski definition) is 0. The van der Waals surface area contributed by atoms with Gasteiger partial charge in [0.15, 0.2) is 0 Å². The molecule has 3 nitrogen and oxygen atoms in total. The van der Waals surface area contributed by atoms with Crippen molar-refractivity contribution in [3.05, 3.63) is 35.9 Å². The van der Waals surface area contributed by atoms with Gasteiger partial charge in [-0.25, -0.2) is 0 Å². The third kappa shape index (κ3) is 3.39. The Labute approximate surface area is 132 Å². The van der Waals surface area contributed by atoms with Crippen LogP contribution < -0.4 is 0 Å². The summed E-state index contributed by atoms with van der Waals surface area (Å²) in [4.78, 5) is 14.9. The van der Waals surface area contributed by atoms with Crippen molar-refractivity contribution in [1.29, 1.82) is 5.26 Å². The van der Waals surface area contributed by atoms with Crippen LogP contribution in [-0.2, 0) is 11.3 Å². The quantitative estimate of drug-likeness (QED) is 0.752. The van der Waals surface area contributed by atoms with Crippen molar-refractivity contribution >= 4 is 5.78 Å². The maximum absolute atomic E-state index is 12.3. The number of fused-ring (bicyclic) bond motifs is 2. The van der Waals surface area contributed by atoms with Crippen LogP contribution in [0.3, 0.4) is 0 Å². The number of unbranched alkanes of at least 4 members (excludes halogenated alkanes) is 1. The number of Topliss-reactive ketones (excluding diaryl/α,β-unsaturated/α-hetero) is 1. The number of hydrogen-bond acceptors (Lipinski definition) is 3. The van der Waals surface area contributed by atoms with Crippen molar-refractivity contribution in [2.75, 3.05) is 0 Å². The van der Waals surface area contributed by atoms with Gasteiger partial charge < -0.3 is 0 Å². The summed E-state index contributed by atoms with van der Waals surface area (Å²) in [5.74, 6) is 0.634. The molecule has 1 aromatic rings. The second-order valence-corrected chi connectivity index (χ2v) is 6.69. The molecule has 0 aliphatic carbocycles. The summed E-state index contributed by atoms with van der Waals surface area (Å²) in [7, 11) is 0. The van der Waals surface area contributed by atoms with Gasteiger partial charge in [-0.2, -0.15) is 5.26 Å². The maximum atomic E-state index is 12.3. The lowest BCUT2D eigenvalue weighted by Gasteiger charge is -2.38. The number of piperidine rings is 1. The van der Waals surface area contributed by atoms with Crippen molar-refractivity contribution in [1.82, 2.24) is 4.90 Å². The van der Waals surface area contributed by atoms with Gasteiger partial charge in [-0.3, -0.25) is 9.69 Å². The highest BCUT2D eigenvalue weighted by Gasteiger charge is 2.42. The summed E-state index contributed by atoms with van der Waals surface area (Å²) >= 11 is 0. The first-order valence-corrected chi connectivity index (χ1v) is 8.47. The molecule has 1 aromatic carbocycles. The van der Waals surface area contributed by atoms with E-state index < -0.39 is 0 Å². The van der Waals surface area contributed by atoms with E-state index in [1.165, 1.54) is 18.4 Å². The third-order valence-electron chi connectivity index (χ3n) is 5.26. The number of rotatable bonds is 6. The molecule has 2 unspecified atom stereocenters. The lowest BCUT2D eigenvalue weighted by molar-refractivity contribution is -0.125. The number of nitriles is 1. The van der Waals surface area contributed by atoms with Gasteiger partial charge in [-0.1, -0.05) is 30.3 Å². The Hall–Kier alpha value is -1.66. The van der Waals surface area contributed by atoms with Crippen molar-refractivity contribution in [2.24, 2.45) is 5.92 Å². The second-order valence-electron chi connectivity index (χ2n) is 6.69. The van der Waals surface area contributed by atoms with E-state index in [1.54, 1.807) is 0 Å². The van der Waals surface area contributed by atoms with E-state index in [-0.39, 0.29) is 5.92 Å². The van der Waals surface area contributed by atoms with E-state index in [9.17, 15) is 4.79 Å². The summed E-state index contributed by atoms with van der Waals surface area (Å²) in [6.07, 6.45) is 6.35. The highest BCUT2D eigenvalue weighted by atomic mass is 16.1. The summed E-state index contributed by atoms with van der Waals surface area (Å²) in [5.41, 5.74) is 1.37. The lowest BCUT2D eigenvalue weighted by atomic mass is 9.85. The van der Waals surface area contributed by atoms with E-state index in [0.29, 0.717) is 30.7 Å². The number of ketones is 1. The first-order chi connectivity index (χ1) is 10.8. The minimum absolute atomic E-state index is 0.239. The highest BCUT2D eigenvalue weighted by molar-refractivity contribution is 5.81. The first-order valence-electron chi connectivity index (χ1n) is 8.47. The average molecular weight is 296 g/mol. The average Bonchev–Trinajstić information content (AvgIpc) is 2.77. The fraction of sp³-hybridized carbons (Fsp3) is 0.579. The van der Waals surface area contributed by atoms with Crippen LogP contribution in [0.2, 0.25) is 0 Å². The van der Waals surface area contributed by atoms with Crippen LogP contribution in [-0.4, -0.2) is 22.8 Å². The zero-order valence-corrected chi connectivity index (χ0v) is 13.1. The largest absolute Gasteiger partial charge is 0.299 e. The van der Waals surface area contributed by atoms with Crippen LogP contribution in [0.4, 0.5) is 0 Å². The molecule has 2 aliphatic heterocycles. The van der Waals surface area contributed by atoms with Crippen molar-refractivity contribution in [2.45, 2.75) is 63.6 Å². The minimum Gasteiger partial charge on any atom is -0.299 e. The molecule has 2 saturated heterocycles. The van der Waals surface area contributed by atoms with E-state index in [1.807, 2.05) is 0 Å². The Morgan fingerprint density at radius 3 is 2.50 bits per heavy atom. The molecule has 22 heavy (non-hydrogen) atoms. The zero-order valence-electron chi connectivity index (χ0n) is 13.1. The van der Waals surface area contributed by atoms with Crippen LogP contribution in [0, 0.1) is 17.2 Å². The Bertz CT molecular complexity index is 534. The lowest BCUT2D eigenvalue weighted by Crippen LogP contribution is -2.44. The molecule has 0 amide bonds. The predicted molar refractivity (Wildman–Crippen MR) is 86.0 cm³/mol. The van der Waals surface area contributed by atoms with Crippen LogP contribution in [0.15, 0.2) is 30.3 Å². The third-order valence-corrected chi connectivity index (χ3v) is 5.26. The summed E-state index contributed by atoms with van der Waals surface area (Å²) in [5, 5.41) is 8.59. The van der Waals surface area contributed by atoms with E-state index in [4.69, 9.17) is 5.26 Å². The van der Waals surface area contributed by atoms with Gasteiger partial charge in [0.05, 0.1) is 6.07 Å². The van der Waals surface area contributed by atoms with Gasteiger partial charge in [0, 0.05) is 37.4 Å². The fourth-order valence-electron chi connectivity index (χ4n) is 4.14. The molecular weight excluding hydrogens is 272 g/mol. The van der Waals surface area contributed by atoms with Crippen LogP contribution in [0.1, 0.15) is 50.5 Å². The summed E-state index contributed by atoms with van der Waals surface area (Å²) in [6.45, 7) is 1.02. The van der Waals surface area contributed by atoms with Crippen LogP contribution >= 0.6 is 0 Å². The number of carbonyl (C=O) groups excluding carboxylic acids is 1. The van der Waals surface area contributed by atoms with Gasteiger partial charge >= 0.3 is 0 Å². The van der Waals surface area contributed by atoms with E-state index in [0.717, 1.165) is 25.8 Å². The molecule has 0 radical (unpaired) electrons. The van der Waals surface area contributed by atoms with E-state index >= 15 is 0 Å². The first kappa shape index (κ1) is 15.2. The molecule has 2 atom stereocenters. The number of benzene rings is 1. The molecule has 0 aromatic heterocycles. The zero-order chi connectivity index (χ0) is 15.4. The summed E-state index contributed by atoms with van der Waals surface area (Å²) in [6, 6.07) is 13.9. The molecule has 116 valence electrons. The molecule has 2 aliphatic rings. The van der Waals surface area contributed by atoms with Gasteiger partial charge in [-0.05, 0) is 37.7 Å². The molecule has 0 spiro atoms. The Balaban J connectivity index is 1.57. The molecule has 2 fully saturated rings. The Morgan fingerprint density at radius 1 is 1.18 bits per heavy atom. The smallest absolute Gasteiger partial charge is 0.136 e. The topological polar surface area (TPSA) is 44.1 Å². The minimum atomic E-state index is 0.239. The Morgan fingerprint density at radius 2 is 1.86 bits per heavy atom. The normalized spacial score (nSPS) is 27.5. The van der Waals surface area contributed by atoms with Crippen molar-refractivity contribution in [3.63, 3.8) is 0 Å².